The zero-order valence-electron chi connectivity index (χ0n) is 13.5. The molecule has 24 heavy (non-hydrogen) atoms. The first-order valence-electron chi connectivity index (χ1n) is 8.35. The highest BCUT2D eigenvalue weighted by Crippen LogP contribution is 2.35. The molecule has 3 heterocycles. The fraction of sp³-hybridized carbons (Fsp3) is 0.529. The van der Waals surface area contributed by atoms with Crippen LogP contribution < -0.4 is 5.32 Å². The molecule has 1 aromatic carbocycles. The van der Waals surface area contributed by atoms with Crippen LogP contribution in [0, 0.1) is 0 Å². The SMILES string of the molecule is O=C1Nc2ccccc2C(=O)C1(N1CCOCC1)N1CCOCC1. The topological polar surface area (TPSA) is 71.1 Å². The van der Waals surface area contributed by atoms with Gasteiger partial charge in [-0.15, -0.1) is 0 Å². The number of benzene rings is 1. The minimum Gasteiger partial charge on any atom is -0.379 e. The number of morpholine rings is 2. The van der Waals surface area contributed by atoms with Gasteiger partial charge in [0.05, 0.1) is 32.1 Å². The normalized spacial score (nSPS) is 25.2. The van der Waals surface area contributed by atoms with Gasteiger partial charge in [0.1, 0.15) is 0 Å². The maximum atomic E-state index is 13.5. The molecule has 3 aliphatic heterocycles. The van der Waals surface area contributed by atoms with Gasteiger partial charge in [0.25, 0.3) is 5.91 Å². The van der Waals surface area contributed by atoms with E-state index in [0.29, 0.717) is 63.9 Å². The standard InChI is InChI=1S/C17H21N3O4/c21-15-13-3-1-2-4-14(13)18-16(22)17(15,19-5-9-23-10-6-19)20-7-11-24-12-8-20/h1-4H,5-12H2,(H,18,22). The van der Waals surface area contributed by atoms with Crippen molar-refractivity contribution in [3.05, 3.63) is 29.8 Å². The first-order valence-corrected chi connectivity index (χ1v) is 8.35. The van der Waals surface area contributed by atoms with E-state index >= 15 is 0 Å². The van der Waals surface area contributed by atoms with Crippen molar-refractivity contribution in [3.8, 4) is 0 Å². The molecular formula is C17H21N3O4. The lowest BCUT2D eigenvalue weighted by Gasteiger charge is -2.51. The summed E-state index contributed by atoms with van der Waals surface area (Å²) < 4.78 is 10.9. The van der Waals surface area contributed by atoms with E-state index in [1.807, 2.05) is 21.9 Å². The van der Waals surface area contributed by atoms with Crippen molar-refractivity contribution in [3.63, 3.8) is 0 Å². The fourth-order valence-corrected chi connectivity index (χ4v) is 3.84. The average Bonchev–Trinajstić information content (AvgIpc) is 2.64. The van der Waals surface area contributed by atoms with Crippen LogP contribution in [0.25, 0.3) is 0 Å². The van der Waals surface area contributed by atoms with E-state index in [9.17, 15) is 9.59 Å². The molecule has 3 aliphatic rings. The van der Waals surface area contributed by atoms with Crippen molar-refractivity contribution < 1.29 is 19.1 Å². The van der Waals surface area contributed by atoms with E-state index in [-0.39, 0.29) is 11.7 Å². The highest BCUT2D eigenvalue weighted by Gasteiger charge is 2.58. The van der Waals surface area contributed by atoms with Crippen LogP contribution >= 0.6 is 0 Å². The number of nitrogens with one attached hydrogen (secondary N) is 1. The van der Waals surface area contributed by atoms with Gasteiger partial charge in [0.15, 0.2) is 0 Å². The Morgan fingerprint density at radius 2 is 1.42 bits per heavy atom. The van der Waals surface area contributed by atoms with Crippen molar-refractivity contribution in [1.29, 1.82) is 0 Å². The molecule has 0 atom stereocenters. The van der Waals surface area contributed by atoms with Gasteiger partial charge >= 0.3 is 0 Å². The molecule has 0 bridgehead atoms. The molecule has 0 radical (unpaired) electrons. The summed E-state index contributed by atoms with van der Waals surface area (Å²) in [5.41, 5.74) is -0.151. The number of fused-ring (bicyclic) bond motifs is 1. The van der Waals surface area contributed by atoms with Crippen LogP contribution in [0.5, 0.6) is 0 Å². The lowest BCUT2D eigenvalue weighted by Crippen LogP contribution is -2.75. The Bertz CT molecular complexity index is 633. The Labute approximate surface area is 140 Å². The van der Waals surface area contributed by atoms with Crippen LogP contribution in [0.4, 0.5) is 5.69 Å². The number of Topliss-reactive ketones (excluding diaryl/α,β-unsaturated/α-hetero) is 1. The predicted molar refractivity (Wildman–Crippen MR) is 86.9 cm³/mol. The summed E-state index contributed by atoms with van der Waals surface area (Å²) in [4.78, 5) is 30.6. The number of ketones is 1. The Kier molecular flexibility index (Phi) is 4.09. The van der Waals surface area contributed by atoms with Crippen molar-refractivity contribution in [2.75, 3.05) is 57.9 Å². The molecule has 0 spiro atoms. The molecule has 128 valence electrons. The summed E-state index contributed by atoms with van der Waals surface area (Å²) in [6.45, 7) is 4.31. The predicted octanol–water partition coefficient (Wildman–Crippen LogP) is 0.182. The van der Waals surface area contributed by atoms with E-state index in [1.165, 1.54) is 0 Å². The van der Waals surface area contributed by atoms with Crippen molar-refractivity contribution in [2.45, 2.75) is 5.66 Å². The first-order chi connectivity index (χ1) is 11.7. The quantitative estimate of drug-likeness (QED) is 0.780. The van der Waals surface area contributed by atoms with Gasteiger partial charge in [-0.2, -0.15) is 0 Å². The number of ether oxygens (including phenoxy) is 2. The first kappa shape index (κ1) is 15.7. The molecule has 1 N–H and O–H groups in total. The zero-order chi connectivity index (χ0) is 16.6. The van der Waals surface area contributed by atoms with Gasteiger partial charge in [0, 0.05) is 31.7 Å². The Morgan fingerprint density at radius 3 is 2.00 bits per heavy atom. The van der Waals surface area contributed by atoms with Crippen LogP contribution in [0.15, 0.2) is 24.3 Å². The second-order valence-electron chi connectivity index (χ2n) is 6.20. The Hall–Kier alpha value is -1.80. The number of nitrogens with zero attached hydrogens (tertiary/aromatic N) is 2. The number of anilines is 1. The number of carbonyl (C=O) groups excluding carboxylic acids is 2. The van der Waals surface area contributed by atoms with Crippen LogP contribution in [-0.2, 0) is 14.3 Å². The largest absolute Gasteiger partial charge is 0.379 e. The third-order valence-corrected chi connectivity index (χ3v) is 4.99. The van der Waals surface area contributed by atoms with E-state index in [0.717, 1.165) is 0 Å². The number of hydrogen-bond donors (Lipinski definition) is 1. The van der Waals surface area contributed by atoms with Crippen LogP contribution in [0.1, 0.15) is 10.4 Å². The third-order valence-electron chi connectivity index (χ3n) is 4.99. The third kappa shape index (κ3) is 2.28. The van der Waals surface area contributed by atoms with E-state index < -0.39 is 5.66 Å². The molecule has 7 nitrogen and oxygen atoms in total. The van der Waals surface area contributed by atoms with Crippen LogP contribution in [-0.4, -0.2) is 79.8 Å². The molecule has 1 aromatic rings. The number of amides is 1. The molecule has 0 aliphatic carbocycles. The van der Waals surface area contributed by atoms with Crippen molar-refractivity contribution in [1.82, 2.24) is 9.80 Å². The average molecular weight is 331 g/mol. The van der Waals surface area contributed by atoms with E-state index in [2.05, 4.69) is 5.32 Å². The van der Waals surface area contributed by atoms with Gasteiger partial charge in [-0.3, -0.25) is 19.4 Å². The maximum Gasteiger partial charge on any atom is 0.268 e. The number of para-hydroxylation sites is 1. The monoisotopic (exact) mass is 331 g/mol. The Morgan fingerprint density at radius 1 is 0.875 bits per heavy atom. The smallest absolute Gasteiger partial charge is 0.268 e. The number of hydrogen-bond acceptors (Lipinski definition) is 6. The van der Waals surface area contributed by atoms with Crippen LogP contribution in [0.2, 0.25) is 0 Å². The number of carbonyl (C=O) groups is 2. The molecule has 0 aromatic heterocycles. The van der Waals surface area contributed by atoms with Gasteiger partial charge in [-0.05, 0) is 12.1 Å². The molecule has 4 rings (SSSR count). The Balaban J connectivity index is 1.82. The summed E-state index contributed by atoms with van der Waals surface area (Å²) in [7, 11) is 0. The lowest BCUT2D eigenvalue weighted by molar-refractivity contribution is -0.149. The molecule has 0 saturated carbocycles. The summed E-state index contributed by atoms with van der Waals surface area (Å²) >= 11 is 0. The van der Waals surface area contributed by atoms with E-state index in [1.54, 1.807) is 12.1 Å². The summed E-state index contributed by atoms with van der Waals surface area (Å²) in [6, 6.07) is 7.21. The minimum atomic E-state index is -1.30. The second-order valence-corrected chi connectivity index (χ2v) is 6.20. The molecule has 2 saturated heterocycles. The van der Waals surface area contributed by atoms with Crippen LogP contribution in [0.3, 0.4) is 0 Å². The van der Waals surface area contributed by atoms with Crippen molar-refractivity contribution >= 4 is 17.4 Å². The maximum absolute atomic E-state index is 13.5. The molecule has 0 unspecified atom stereocenters. The lowest BCUT2D eigenvalue weighted by atomic mass is 9.87. The summed E-state index contributed by atoms with van der Waals surface area (Å²) in [5, 5.41) is 2.95. The molecular weight excluding hydrogens is 310 g/mol. The fourth-order valence-electron chi connectivity index (χ4n) is 3.84. The van der Waals surface area contributed by atoms with Gasteiger partial charge in [-0.1, -0.05) is 12.1 Å². The molecule has 2 fully saturated rings. The highest BCUT2D eigenvalue weighted by atomic mass is 16.5. The van der Waals surface area contributed by atoms with Gasteiger partial charge < -0.3 is 14.8 Å². The summed E-state index contributed by atoms with van der Waals surface area (Å²) in [6.07, 6.45) is 0. The second kappa shape index (κ2) is 6.25. The van der Waals surface area contributed by atoms with E-state index in [4.69, 9.17) is 9.47 Å². The molecule has 7 heteroatoms. The number of rotatable bonds is 2. The van der Waals surface area contributed by atoms with Gasteiger partial charge in [-0.25, -0.2) is 0 Å². The summed E-state index contributed by atoms with van der Waals surface area (Å²) in [5.74, 6) is -0.416. The molecule has 1 amide bonds. The van der Waals surface area contributed by atoms with Crippen molar-refractivity contribution in [2.24, 2.45) is 0 Å². The minimum absolute atomic E-state index is 0.148. The zero-order valence-corrected chi connectivity index (χ0v) is 13.5. The highest BCUT2D eigenvalue weighted by molar-refractivity contribution is 6.27. The van der Waals surface area contributed by atoms with Gasteiger partial charge in [0.2, 0.25) is 11.4 Å².